The van der Waals surface area contributed by atoms with E-state index in [1.165, 1.54) is 12.1 Å². The van der Waals surface area contributed by atoms with E-state index in [0.717, 1.165) is 0 Å². The van der Waals surface area contributed by atoms with Crippen LogP contribution in [-0.2, 0) is 16.1 Å². The van der Waals surface area contributed by atoms with Gasteiger partial charge in [0, 0.05) is 19.5 Å². The first-order chi connectivity index (χ1) is 8.97. The molecule has 1 heterocycles. The topological polar surface area (TPSA) is 49.4 Å². The molecule has 102 valence electrons. The van der Waals surface area contributed by atoms with E-state index in [9.17, 15) is 14.0 Å². The SMILES string of the molecule is CC1NC(=O)CCN(Cc2ccc(Cl)c(F)c2)C1=O. The Labute approximate surface area is 115 Å². The quantitative estimate of drug-likeness (QED) is 0.899. The summed E-state index contributed by atoms with van der Waals surface area (Å²) in [6.07, 6.45) is 0.256. The molecule has 1 aliphatic rings. The molecule has 0 saturated carbocycles. The van der Waals surface area contributed by atoms with Crippen LogP contribution in [0.25, 0.3) is 0 Å². The minimum atomic E-state index is -0.549. The summed E-state index contributed by atoms with van der Waals surface area (Å²) in [6.45, 7) is 2.24. The molecule has 1 unspecified atom stereocenters. The lowest BCUT2D eigenvalue weighted by molar-refractivity contribution is -0.133. The van der Waals surface area contributed by atoms with Crippen molar-refractivity contribution in [2.24, 2.45) is 0 Å². The van der Waals surface area contributed by atoms with Crippen molar-refractivity contribution >= 4 is 23.4 Å². The van der Waals surface area contributed by atoms with Gasteiger partial charge < -0.3 is 10.2 Å². The lowest BCUT2D eigenvalue weighted by Gasteiger charge is -2.22. The van der Waals surface area contributed by atoms with Crippen molar-refractivity contribution in [2.45, 2.75) is 25.9 Å². The average Bonchev–Trinajstić information content (AvgIpc) is 2.47. The van der Waals surface area contributed by atoms with E-state index in [-0.39, 0.29) is 29.8 Å². The van der Waals surface area contributed by atoms with Crippen LogP contribution in [0.1, 0.15) is 18.9 Å². The summed E-state index contributed by atoms with van der Waals surface area (Å²) in [7, 11) is 0. The first kappa shape index (κ1) is 13.8. The third-order valence-electron chi connectivity index (χ3n) is 3.03. The van der Waals surface area contributed by atoms with E-state index in [1.54, 1.807) is 17.9 Å². The Bertz CT molecular complexity index is 521. The number of nitrogens with zero attached hydrogens (tertiary/aromatic N) is 1. The second-order valence-electron chi connectivity index (χ2n) is 4.55. The Morgan fingerprint density at radius 3 is 2.89 bits per heavy atom. The van der Waals surface area contributed by atoms with Crippen LogP contribution in [0.2, 0.25) is 5.02 Å². The van der Waals surface area contributed by atoms with Crippen LogP contribution >= 0.6 is 11.6 Å². The predicted octanol–water partition coefficient (Wildman–Crippen LogP) is 1.72. The van der Waals surface area contributed by atoms with Crippen LogP contribution in [-0.4, -0.2) is 29.3 Å². The van der Waals surface area contributed by atoms with Crippen molar-refractivity contribution in [1.29, 1.82) is 0 Å². The van der Waals surface area contributed by atoms with Crippen molar-refractivity contribution in [2.75, 3.05) is 6.54 Å². The monoisotopic (exact) mass is 284 g/mol. The lowest BCUT2D eigenvalue weighted by Crippen LogP contribution is -2.42. The normalized spacial score (nSPS) is 20.2. The van der Waals surface area contributed by atoms with E-state index in [2.05, 4.69) is 5.32 Å². The predicted molar refractivity (Wildman–Crippen MR) is 69.0 cm³/mol. The molecular weight excluding hydrogens is 271 g/mol. The molecule has 0 bridgehead atoms. The van der Waals surface area contributed by atoms with Gasteiger partial charge in [-0.25, -0.2) is 4.39 Å². The summed E-state index contributed by atoms with van der Waals surface area (Å²) in [5.74, 6) is -0.824. The molecule has 1 N–H and O–H groups in total. The standard InChI is InChI=1S/C13H14ClFN2O2/c1-8-13(19)17(5-4-12(18)16-8)7-9-2-3-10(14)11(15)6-9/h2-3,6,8H,4-5,7H2,1H3,(H,16,18). The van der Waals surface area contributed by atoms with E-state index < -0.39 is 11.9 Å². The highest BCUT2D eigenvalue weighted by Gasteiger charge is 2.26. The van der Waals surface area contributed by atoms with Gasteiger partial charge in [-0.1, -0.05) is 17.7 Å². The number of halogens is 2. The fourth-order valence-electron chi connectivity index (χ4n) is 2.01. The first-order valence-corrected chi connectivity index (χ1v) is 6.37. The third-order valence-corrected chi connectivity index (χ3v) is 3.33. The molecule has 19 heavy (non-hydrogen) atoms. The van der Waals surface area contributed by atoms with Gasteiger partial charge in [0.25, 0.3) is 0 Å². The molecule has 0 spiro atoms. The number of hydrogen-bond acceptors (Lipinski definition) is 2. The number of nitrogens with one attached hydrogen (secondary N) is 1. The molecule has 0 aromatic heterocycles. The number of carbonyl (C=O) groups is 2. The first-order valence-electron chi connectivity index (χ1n) is 5.99. The zero-order chi connectivity index (χ0) is 14.0. The number of hydrogen-bond donors (Lipinski definition) is 1. The van der Waals surface area contributed by atoms with Crippen LogP contribution < -0.4 is 5.32 Å². The Morgan fingerprint density at radius 2 is 2.21 bits per heavy atom. The van der Waals surface area contributed by atoms with Crippen molar-refractivity contribution in [3.63, 3.8) is 0 Å². The average molecular weight is 285 g/mol. The van der Waals surface area contributed by atoms with Crippen molar-refractivity contribution in [1.82, 2.24) is 10.2 Å². The van der Waals surface area contributed by atoms with Crippen molar-refractivity contribution in [3.05, 3.63) is 34.6 Å². The number of rotatable bonds is 2. The highest BCUT2D eigenvalue weighted by Crippen LogP contribution is 2.17. The smallest absolute Gasteiger partial charge is 0.245 e. The maximum absolute atomic E-state index is 13.3. The van der Waals surface area contributed by atoms with Gasteiger partial charge in [-0.05, 0) is 24.6 Å². The van der Waals surface area contributed by atoms with Crippen molar-refractivity contribution in [3.8, 4) is 0 Å². The van der Waals surface area contributed by atoms with Gasteiger partial charge in [0.1, 0.15) is 11.9 Å². The highest BCUT2D eigenvalue weighted by molar-refractivity contribution is 6.30. The molecule has 0 aliphatic carbocycles. The van der Waals surface area contributed by atoms with Crippen LogP contribution in [0.15, 0.2) is 18.2 Å². The summed E-state index contributed by atoms with van der Waals surface area (Å²) in [6, 6.07) is 3.89. The van der Waals surface area contributed by atoms with E-state index in [1.807, 2.05) is 0 Å². The maximum Gasteiger partial charge on any atom is 0.245 e. The number of carbonyl (C=O) groups excluding carboxylic acids is 2. The highest BCUT2D eigenvalue weighted by atomic mass is 35.5. The number of amides is 2. The van der Waals surface area contributed by atoms with Gasteiger partial charge >= 0.3 is 0 Å². The van der Waals surface area contributed by atoms with Crippen molar-refractivity contribution < 1.29 is 14.0 Å². The molecule has 1 aromatic carbocycles. The Kier molecular flexibility index (Phi) is 4.04. The van der Waals surface area contributed by atoms with Gasteiger partial charge in [-0.15, -0.1) is 0 Å². The van der Waals surface area contributed by atoms with E-state index in [0.29, 0.717) is 12.1 Å². The fourth-order valence-corrected chi connectivity index (χ4v) is 2.13. The van der Waals surface area contributed by atoms with Crippen LogP contribution in [0.3, 0.4) is 0 Å². The molecule has 1 saturated heterocycles. The summed E-state index contributed by atoms with van der Waals surface area (Å²) in [4.78, 5) is 25.0. The Hall–Kier alpha value is -1.62. The lowest BCUT2D eigenvalue weighted by atomic mass is 10.2. The summed E-state index contributed by atoms with van der Waals surface area (Å²) >= 11 is 5.61. The molecule has 1 atom stereocenters. The molecule has 1 aliphatic heterocycles. The third kappa shape index (κ3) is 3.23. The largest absolute Gasteiger partial charge is 0.345 e. The second-order valence-corrected chi connectivity index (χ2v) is 4.95. The van der Waals surface area contributed by atoms with E-state index >= 15 is 0 Å². The molecule has 1 aromatic rings. The van der Waals surface area contributed by atoms with Gasteiger partial charge in [-0.3, -0.25) is 9.59 Å². The zero-order valence-corrected chi connectivity index (χ0v) is 11.2. The Balaban J connectivity index is 2.14. The van der Waals surface area contributed by atoms with Crippen LogP contribution in [0.4, 0.5) is 4.39 Å². The minimum Gasteiger partial charge on any atom is -0.345 e. The van der Waals surface area contributed by atoms with Gasteiger partial charge in [0.2, 0.25) is 11.8 Å². The summed E-state index contributed by atoms with van der Waals surface area (Å²) in [5.41, 5.74) is 0.650. The molecular formula is C13H14ClFN2O2. The summed E-state index contributed by atoms with van der Waals surface area (Å²) in [5, 5.41) is 2.65. The molecule has 2 rings (SSSR count). The second kappa shape index (κ2) is 5.57. The van der Waals surface area contributed by atoms with Crippen LogP contribution in [0.5, 0.6) is 0 Å². The summed E-state index contributed by atoms with van der Waals surface area (Å²) < 4.78 is 13.3. The molecule has 1 fully saturated rings. The van der Waals surface area contributed by atoms with E-state index in [4.69, 9.17) is 11.6 Å². The van der Waals surface area contributed by atoms with Crippen LogP contribution in [0, 0.1) is 5.82 Å². The minimum absolute atomic E-state index is 0.0520. The molecule has 6 heteroatoms. The number of benzene rings is 1. The van der Waals surface area contributed by atoms with Gasteiger partial charge in [-0.2, -0.15) is 0 Å². The van der Waals surface area contributed by atoms with Gasteiger partial charge in [0.05, 0.1) is 5.02 Å². The molecule has 2 amide bonds. The van der Waals surface area contributed by atoms with Gasteiger partial charge in [0.15, 0.2) is 0 Å². The Morgan fingerprint density at radius 1 is 1.47 bits per heavy atom. The molecule has 0 radical (unpaired) electrons. The molecule has 4 nitrogen and oxygen atoms in total. The zero-order valence-electron chi connectivity index (χ0n) is 10.5. The maximum atomic E-state index is 13.3. The fraction of sp³-hybridized carbons (Fsp3) is 0.385.